The molecule has 0 saturated heterocycles. The Morgan fingerprint density at radius 3 is 2.36 bits per heavy atom. The number of hydroxylamine groups is 1. The van der Waals surface area contributed by atoms with E-state index in [1.807, 2.05) is 0 Å². The summed E-state index contributed by atoms with van der Waals surface area (Å²) in [4.78, 5) is 10.3. The summed E-state index contributed by atoms with van der Waals surface area (Å²) in [6.07, 6.45) is -1.45. The molecule has 0 bridgehead atoms. The lowest BCUT2D eigenvalue weighted by Gasteiger charge is -2.03. The number of carbonyl (C=O) groups is 1. The number of amides is 1. The van der Waals surface area contributed by atoms with Crippen molar-refractivity contribution < 1.29 is 22.6 Å². The fraction of sp³-hybridized carbons (Fsp3) is 0. The van der Waals surface area contributed by atoms with Gasteiger partial charge in [-0.05, 0) is 12.1 Å². The zero-order valence-electron chi connectivity index (χ0n) is 6.88. The molecule has 0 heterocycles. The van der Waals surface area contributed by atoms with Crippen LogP contribution in [0.2, 0.25) is 0 Å². The minimum Gasteiger partial charge on any atom is -0.323 e. The van der Waals surface area contributed by atoms with Crippen LogP contribution in [0.15, 0.2) is 35.2 Å². The van der Waals surface area contributed by atoms with Gasteiger partial charge in [0.2, 0.25) is 0 Å². The first-order chi connectivity index (χ1) is 6.56. The number of rotatable bonds is 2. The Balaban J connectivity index is 2.93. The fourth-order valence-electron chi connectivity index (χ4n) is 0.754. The predicted molar refractivity (Wildman–Crippen MR) is 45.0 cm³/mol. The molecule has 0 aliphatic rings. The molecule has 6 nitrogen and oxygen atoms in total. The maximum Gasteiger partial charge on any atom is 0.447 e. The predicted octanol–water partition coefficient (Wildman–Crippen LogP) is 0.491. The first-order valence-electron chi connectivity index (χ1n) is 3.50. The van der Waals surface area contributed by atoms with Crippen LogP contribution < -0.4 is 5.48 Å². The number of benzene rings is 1. The lowest BCUT2D eigenvalue weighted by atomic mass is 10.4. The van der Waals surface area contributed by atoms with E-state index in [2.05, 4.69) is 4.18 Å². The molecule has 0 atom stereocenters. The van der Waals surface area contributed by atoms with E-state index >= 15 is 0 Å². The third kappa shape index (κ3) is 2.44. The zero-order valence-corrected chi connectivity index (χ0v) is 7.69. The molecule has 76 valence electrons. The topological polar surface area (TPSA) is 92.7 Å². The summed E-state index contributed by atoms with van der Waals surface area (Å²) in [7, 11) is -4.14. The minimum atomic E-state index is -4.14. The summed E-state index contributed by atoms with van der Waals surface area (Å²) in [5, 5.41) is 8.06. The molecule has 7 heteroatoms. The molecule has 1 aromatic carbocycles. The van der Waals surface area contributed by atoms with Crippen LogP contribution in [0.1, 0.15) is 0 Å². The Morgan fingerprint density at radius 1 is 1.29 bits per heavy atom. The molecule has 0 aliphatic heterocycles. The maximum atomic E-state index is 11.2. The van der Waals surface area contributed by atoms with Crippen molar-refractivity contribution in [2.75, 3.05) is 0 Å². The van der Waals surface area contributed by atoms with E-state index in [0.29, 0.717) is 0 Å². The second-order valence-corrected chi connectivity index (χ2v) is 3.80. The molecule has 1 rings (SSSR count). The molecule has 0 aliphatic carbocycles. The van der Waals surface area contributed by atoms with Gasteiger partial charge in [-0.15, -0.1) is 0 Å². The molecular formula is C7H7NO5S. The van der Waals surface area contributed by atoms with Gasteiger partial charge in [-0.3, -0.25) is 5.21 Å². The van der Waals surface area contributed by atoms with Crippen LogP contribution in [-0.2, 0) is 14.3 Å². The van der Waals surface area contributed by atoms with Crippen LogP contribution in [0.4, 0.5) is 4.79 Å². The molecule has 1 aromatic rings. The SMILES string of the molecule is O=C(NO)OS(=O)(=O)c1ccccc1. The Kier molecular flexibility index (Phi) is 3.05. The summed E-state index contributed by atoms with van der Waals surface area (Å²) < 4.78 is 26.4. The Bertz CT molecular complexity index is 413. The standard InChI is InChI=1S/C7H7NO5S/c9-7(8-10)13-14(11,12)6-4-2-1-3-5-6/h1-5,10H,(H,8,9). The number of nitrogens with one attached hydrogen (secondary N) is 1. The normalized spacial score (nSPS) is 10.6. The van der Waals surface area contributed by atoms with Crippen LogP contribution in [0.25, 0.3) is 0 Å². The highest BCUT2D eigenvalue weighted by molar-refractivity contribution is 7.87. The quantitative estimate of drug-likeness (QED) is 0.427. The average Bonchev–Trinajstić information content (AvgIpc) is 2.18. The van der Waals surface area contributed by atoms with E-state index < -0.39 is 16.2 Å². The van der Waals surface area contributed by atoms with Gasteiger partial charge < -0.3 is 4.18 Å². The van der Waals surface area contributed by atoms with Crippen molar-refractivity contribution in [3.8, 4) is 0 Å². The Hall–Kier alpha value is -1.60. The van der Waals surface area contributed by atoms with E-state index in [1.165, 1.54) is 24.3 Å². The minimum absolute atomic E-state index is 0.163. The van der Waals surface area contributed by atoms with Crippen molar-refractivity contribution in [1.82, 2.24) is 5.48 Å². The van der Waals surface area contributed by atoms with Crippen molar-refractivity contribution in [2.24, 2.45) is 0 Å². The highest BCUT2D eigenvalue weighted by atomic mass is 32.2. The van der Waals surface area contributed by atoms with E-state index in [-0.39, 0.29) is 4.90 Å². The molecule has 14 heavy (non-hydrogen) atoms. The van der Waals surface area contributed by atoms with Crippen molar-refractivity contribution in [2.45, 2.75) is 4.90 Å². The zero-order chi connectivity index (χ0) is 10.6. The molecule has 2 N–H and O–H groups in total. The fourth-order valence-corrected chi connectivity index (χ4v) is 1.58. The molecule has 0 fully saturated rings. The Labute approximate surface area is 80.2 Å². The summed E-state index contributed by atoms with van der Waals surface area (Å²) in [5.74, 6) is 0. The largest absolute Gasteiger partial charge is 0.447 e. The lowest BCUT2D eigenvalue weighted by Crippen LogP contribution is -2.23. The van der Waals surface area contributed by atoms with E-state index in [4.69, 9.17) is 5.21 Å². The maximum absolute atomic E-state index is 11.2. The van der Waals surface area contributed by atoms with Crippen molar-refractivity contribution >= 4 is 16.2 Å². The molecule has 0 aromatic heterocycles. The molecule has 0 radical (unpaired) electrons. The highest BCUT2D eigenvalue weighted by Crippen LogP contribution is 2.10. The van der Waals surface area contributed by atoms with E-state index in [0.717, 1.165) is 5.48 Å². The summed E-state index contributed by atoms with van der Waals surface area (Å²) in [5.41, 5.74) is 1.05. The molecule has 1 amide bonds. The molecule has 0 spiro atoms. The van der Waals surface area contributed by atoms with Gasteiger partial charge in [0.25, 0.3) is 0 Å². The number of carbonyl (C=O) groups excluding carboxylic acids is 1. The van der Waals surface area contributed by atoms with Gasteiger partial charge in [0.15, 0.2) is 0 Å². The van der Waals surface area contributed by atoms with Gasteiger partial charge in [-0.1, -0.05) is 18.2 Å². The van der Waals surface area contributed by atoms with Crippen LogP contribution >= 0.6 is 0 Å². The van der Waals surface area contributed by atoms with Crippen molar-refractivity contribution in [3.05, 3.63) is 30.3 Å². The summed E-state index contributed by atoms with van der Waals surface area (Å²) >= 11 is 0. The highest BCUT2D eigenvalue weighted by Gasteiger charge is 2.18. The van der Waals surface area contributed by atoms with Crippen LogP contribution in [0.3, 0.4) is 0 Å². The molecule has 0 saturated carbocycles. The van der Waals surface area contributed by atoms with E-state index in [1.54, 1.807) is 6.07 Å². The second-order valence-electron chi connectivity index (χ2n) is 2.25. The van der Waals surface area contributed by atoms with Gasteiger partial charge >= 0.3 is 16.2 Å². The monoisotopic (exact) mass is 217 g/mol. The van der Waals surface area contributed by atoms with E-state index in [9.17, 15) is 13.2 Å². The van der Waals surface area contributed by atoms with Gasteiger partial charge in [0.05, 0.1) is 0 Å². The van der Waals surface area contributed by atoms with Crippen LogP contribution in [0.5, 0.6) is 0 Å². The van der Waals surface area contributed by atoms with Crippen LogP contribution in [0, 0.1) is 0 Å². The van der Waals surface area contributed by atoms with Crippen molar-refractivity contribution in [3.63, 3.8) is 0 Å². The second kappa shape index (κ2) is 4.07. The van der Waals surface area contributed by atoms with Gasteiger partial charge in [-0.25, -0.2) is 10.3 Å². The third-order valence-electron chi connectivity index (χ3n) is 1.31. The average molecular weight is 217 g/mol. The lowest BCUT2D eigenvalue weighted by molar-refractivity contribution is 0.129. The Morgan fingerprint density at radius 2 is 1.86 bits per heavy atom. The van der Waals surface area contributed by atoms with Crippen LogP contribution in [-0.4, -0.2) is 19.7 Å². The summed E-state index contributed by atoms with van der Waals surface area (Å²) in [6.45, 7) is 0. The number of hydrogen-bond donors (Lipinski definition) is 2. The first kappa shape index (κ1) is 10.5. The number of hydrogen-bond acceptors (Lipinski definition) is 5. The third-order valence-corrected chi connectivity index (χ3v) is 2.53. The van der Waals surface area contributed by atoms with Crippen molar-refractivity contribution in [1.29, 1.82) is 0 Å². The van der Waals surface area contributed by atoms with Gasteiger partial charge in [0.1, 0.15) is 4.90 Å². The molecule has 0 unspecified atom stereocenters. The van der Waals surface area contributed by atoms with Gasteiger partial charge in [-0.2, -0.15) is 8.42 Å². The summed E-state index contributed by atoms with van der Waals surface area (Å²) in [6, 6.07) is 7.10. The smallest absolute Gasteiger partial charge is 0.323 e. The first-order valence-corrected chi connectivity index (χ1v) is 4.90. The van der Waals surface area contributed by atoms with Gasteiger partial charge in [0, 0.05) is 0 Å². The molecular weight excluding hydrogens is 210 g/mol.